The van der Waals surface area contributed by atoms with Crippen molar-refractivity contribution in [1.82, 2.24) is 20.9 Å². The van der Waals surface area contributed by atoms with Crippen LogP contribution in [-0.2, 0) is 26.7 Å². The van der Waals surface area contributed by atoms with Crippen LogP contribution in [0.3, 0.4) is 0 Å². The first-order valence-electron chi connectivity index (χ1n) is 7.85. The van der Waals surface area contributed by atoms with Gasteiger partial charge in [0.25, 0.3) is 0 Å². The predicted molar refractivity (Wildman–Crippen MR) is 77.8 cm³/mol. The van der Waals surface area contributed by atoms with Crippen molar-refractivity contribution >= 4 is 11.9 Å². The van der Waals surface area contributed by atoms with E-state index in [0.717, 1.165) is 45.6 Å². The minimum Gasteiger partial charge on any atom is -0.550 e. The van der Waals surface area contributed by atoms with Gasteiger partial charge in [-0.2, -0.15) is 0 Å². The second-order valence-corrected chi connectivity index (χ2v) is 5.48. The van der Waals surface area contributed by atoms with E-state index in [1.54, 1.807) is 4.90 Å². The molecule has 1 atom stereocenters. The molecule has 1 saturated heterocycles. The van der Waals surface area contributed by atoms with Gasteiger partial charge in [-0.25, -0.2) is 0 Å². The van der Waals surface area contributed by atoms with Crippen LogP contribution in [0.15, 0.2) is 0 Å². The number of hydrogen-bond acceptors (Lipinski definition) is 8. The molecule has 0 aromatic carbocycles. The van der Waals surface area contributed by atoms with Crippen LogP contribution < -0.4 is 26.2 Å². The third kappa shape index (κ3) is 11.5. The van der Waals surface area contributed by atoms with Crippen molar-refractivity contribution in [3.8, 4) is 0 Å². The molecular formula is C14H26CuN4O4. The maximum atomic E-state index is 10.9. The van der Waals surface area contributed by atoms with Crippen molar-refractivity contribution in [3.63, 3.8) is 0 Å². The molecule has 1 radical (unpaired) electrons. The molecule has 1 unspecified atom stereocenters. The summed E-state index contributed by atoms with van der Waals surface area (Å²) in [4.78, 5) is 23.5. The summed E-state index contributed by atoms with van der Waals surface area (Å²) in [6.45, 7) is 4.83. The zero-order chi connectivity index (χ0) is 16.2. The molecule has 3 N–H and O–H groups in total. The molecule has 23 heavy (non-hydrogen) atoms. The zero-order valence-electron chi connectivity index (χ0n) is 13.2. The van der Waals surface area contributed by atoms with Crippen molar-refractivity contribution in [3.05, 3.63) is 0 Å². The van der Waals surface area contributed by atoms with Crippen molar-refractivity contribution in [1.29, 1.82) is 0 Å². The van der Waals surface area contributed by atoms with Gasteiger partial charge >= 0.3 is 17.1 Å². The third-order valence-electron chi connectivity index (χ3n) is 3.62. The van der Waals surface area contributed by atoms with Crippen molar-refractivity contribution in [2.45, 2.75) is 25.3 Å². The number of carbonyl (C=O) groups excluding carboxylic acids is 2. The van der Waals surface area contributed by atoms with Crippen LogP contribution in [0.2, 0.25) is 0 Å². The molecular weight excluding hydrogens is 352 g/mol. The molecule has 1 aliphatic heterocycles. The quantitative estimate of drug-likeness (QED) is 0.425. The van der Waals surface area contributed by atoms with Crippen LogP contribution in [0.1, 0.15) is 19.3 Å². The van der Waals surface area contributed by atoms with Gasteiger partial charge in [0.05, 0.1) is 5.97 Å². The molecule has 0 aliphatic carbocycles. The minimum absolute atomic E-state index is 0. The van der Waals surface area contributed by atoms with Crippen LogP contribution in [0.4, 0.5) is 0 Å². The van der Waals surface area contributed by atoms with Crippen molar-refractivity contribution < 1.29 is 36.9 Å². The molecule has 9 heteroatoms. The maximum absolute atomic E-state index is 10.9. The van der Waals surface area contributed by atoms with Crippen molar-refractivity contribution in [2.24, 2.45) is 0 Å². The number of rotatable bonds is 4. The standard InChI is InChI=1S/C14H28N4O4.Cu/c19-13(20)9-12-10-17-4-1-3-15-6-7-16-5-2-8-18(12)11-14(21)22;/h12,15-17H,1-11H2,(H,19,20)(H,21,22);/q;+2/p-2. The van der Waals surface area contributed by atoms with E-state index in [1.807, 2.05) is 0 Å². The number of hydrogen-bond donors (Lipinski definition) is 3. The molecule has 1 rings (SSSR count). The monoisotopic (exact) mass is 377 g/mol. The van der Waals surface area contributed by atoms with Crippen LogP contribution in [0.5, 0.6) is 0 Å². The van der Waals surface area contributed by atoms with Gasteiger partial charge in [0.1, 0.15) is 0 Å². The summed E-state index contributed by atoms with van der Waals surface area (Å²) in [5.41, 5.74) is 0. The number of aliphatic carboxylic acids is 2. The second-order valence-electron chi connectivity index (χ2n) is 5.48. The third-order valence-corrected chi connectivity index (χ3v) is 3.62. The predicted octanol–water partition coefficient (Wildman–Crippen LogP) is -3.89. The first-order chi connectivity index (χ1) is 10.6. The summed E-state index contributed by atoms with van der Waals surface area (Å²) >= 11 is 0. The van der Waals surface area contributed by atoms with Gasteiger partial charge < -0.3 is 35.8 Å². The molecule has 0 aromatic rings. The molecule has 137 valence electrons. The summed E-state index contributed by atoms with van der Waals surface area (Å²) in [5.74, 6) is -2.36. The molecule has 1 aliphatic rings. The first kappa shape index (κ1) is 22.3. The normalized spacial score (nSPS) is 22.5. The topological polar surface area (TPSA) is 120 Å². The van der Waals surface area contributed by atoms with E-state index in [0.29, 0.717) is 13.1 Å². The Balaban J connectivity index is 0.00000484. The molecule has 0 bridgehead atoms. The molecule has 0 amide bonds. The van der Waals surface area contributed by atoms with E-state index in [2.05, 4.69) is 16.0 Å². The molecule has 1 fully saturated rings. The second kappa shape index (κ2) is 13.7. The Labute approximate surface area is 147 Å². The van der Waals surface area contributed by atoms with Gasteiger partial charge in [-0.3, -0.25) is 4.90 Å². The smallest absolute Gasteiger partial charge is 0.550 e. The minimum atomic E-state index is -1.19. The fourth-order valence-corrected chi connectivity index (χ4v) is 2.52. The largest absolute Gasteiger partial charge is 2.00 e. The molecule has 0 spiro atoms. The van der Waals surface area contributed by atoms with Gasteiger partial charge in [0.2, 0.25) is 0 Å². The summed E-state index contributed by atoms with van der Waals surface area (Å²) in [6.07, 6.45) is 1.49. The molecule has 0 aromatic heterocycles. The fourth-order valence-electron chi connectivity index (χ4n) is 2.52. The van der Waals surface area contributed by atoms with E-state index in [-0.39, 0.29) is 30.0 Å². The summed E-state index contributed by atoms with van der Waals surface area (Å²) in [7, 11) is 0. The molecule has 8 nitrogen and oxygen atoms in total. The average Bonchev–Trinajstić information content (AvgIpc) is 2.44. The van der Waals surface area contributed by atoms with Crippen molar-refractivity contribution in [2.75, 3.05) is 52.4 Å². The van der Waals surface area contributed by atoms with E-state index in [9.17, 15) is 19.8 Å². The Morgan fingerprint density at radius 1 is 0.913 bits per heavy atom. The van der Waals surface area contributed by atoms with Gasteiger partial charge in [-0.05, 0) is 32.5 Å². The Morgan fingerprint density at radius 2 is 1.52 bits per heavy atom. The first-order valence-corrected chi connectivity index (χ1v) is 7.85. The number of carbonyl (C=O) groups is 2. The Kier molecular flexibility index (Phi) is 13.3. The molecule has 0 saturated carbocycles. The van der Waals surface area contributed by atoms with Gasteiger partial charge in [-0.1, -0.05) is 0 Å². The van der Waals surface area contributed by atoms with Crippen LogP contribution in [0, 0.1) is 0 Å². The Hall–Kier alpha value is -0.701. The van der Waals surface area contributed by atoms with Gasteiger partial charge in [0, 0.05) is 51.2 Å². The average molecular weight is 378 g/mol. The number of nitrogens with zero attached hydrogens (tertiary/aromatic N) is 1. The van der Waals surface area contributed by atoms with Crippen LogP contribution >= 0.6 is 0 Å². The van der Waals surface area contributed by atoms with Gasteiger partial charge in [-0.15, -0.1) is 0 Å². The fraction of sp³-hybridized carbons (Fsp3) is 0.857. The van der Waals surface area contributed by atoms with E-state index >= 15 is 0 Å². The molecule has 1 heterocycles. The van der Waals surface area contributed by atoms with Crippen LogP contribution in [0.25, 0.3) is 0 Å². The number of nitrogens with one attached hydrogen (secondary N) is 3. The SMILES string of the molecule is O=C([O-])CC1CNCCCNCCNCCCN1CC(=O)[O-].[Cu+2]. The Morgan fingerprint density at radius 3 is 2.13 bits per heavy atom. The number of carboxylic acid groups (broad SMARTS) is 2. The van der Waals surface area contributed by atoms with E-state index in [4.69, 9.17) is 0 Å². The van der Waals surface area contributed by atoms with Crippen LogP contribution in [-0.4, -0.2) is 75.2 Å². The van der Waals surface area contributed by atoms with E-state index < -0.39 is 18.0 Å². The van der Waals surface area contributed by atoms with Gasteiger partial charge in [0.15, 0.2) is 0 Å². The zero-order valence-corrected chi connectivity index (χ0v) is 14.2. The Bertz CT molecular complexity index is 315. The summed E-state index contributed by atoms with van der Waals surface area (Å²) in [6, 6.07) is -0.404. The summed E-state index contributed by atoms with van der Waals surface area (Å²) in [5, 5.41) is 31.6. The summed E-state index contributed by atoms with van der Waals surface area (Å²) < 4.78 is 0. The van der Waals surface area contributed by atoms with E-state index in [1.165, 1.54) is 0 Å². The number of carboxylic acids is 2. The maximum Gasteiger partial charge on any atom is 2.00 e.